The number of anilines is 4. The standard InChI is InChI=1S/C28H29BrN12O5/c1-15(29)24(42)36-20-13-41(5)23(34-20)28(46)37-21-14-40(4)22(35-21)27(45)33-17-10-19(39(3)12-17)26(44)32-16-9-18(38(2)11-16)25(43)31-8-6-7-30/h9-14H,1,6,8H2,2-5H3,(H,31,43)(H,32,44)(H,33,45)(H,36,42)(H,37,46). The lowest BCUT2D eigenvalue weighted by Gasteiger charge is -2.03. The van der Waals surface area contributed by atoms with Crippen molar-refractivity contribution in [3.8, 4) is 6.07 Å². The molecule has 0 saturated heterocycles. The van der Waals surface area contributed by atoms with Crippen molar-refractivity contribution in [1.82, 2.24) is 33.6 Å². The van der Waals surface area contributed by atoms with Gasteiger partial charge in [0.1, 0.15) is 11.4 Å². The third-order valence-corrected chi connectivity index (χ3v) is 6.76. The molecule has 0 bridgehead atoms. The number of aromatic nitrogens is 6. The van der Waals surface area contributed by atoms with Crippen molar-refractivity contribution in [1.29, 1.82) is 5.26 Å². The van der Waals surface area contributed by atoms with Gasteiger partial charge in [-0.3, -0.25) is 24.0 Å². The summed E-state index contributed by atoms with van der Waals surface area (Å²) >= 11 is 2.97. The molecule has 4 aromatic rings. The fourth-order valence-corrected chi connectivity index (χ4v) is 4.35. The first-order chi connectivity index (χ1) is 21.8. The van der Waals surface area contributed by atoms with Crippen LogP contribution in [0.25, 0.3) is 0 Å². The van der Waals surface area contributed by atoms with Crippen LogP contribution in [0.3, 0.4) is 0 Å². The molecular formula is C28H29BrN12O5. The van der Waals surface area contributed by atoms with Gasteiger partial charge in [-0.05, 0) is 28.1 Å². The quantitative estimate of drug-likeness (QED) is 0.116. The van der Waals surface area contributed by atoms with Crippen molar-refractivity contribution in [2.75, 3.05) is 27.8 Å². The van der Waals surface area contributed by atoms with Crippen LogP contribution in [-0.2, 0) is 33.0 Å². The van der Waals surface area contributed by atoms with E-state index < -0.39 is 23.6 Å². The maximum absolute atomic E-state index is 13.1. The molecule has 0 spiro atoms. The van der Waals surface area contributed by atoms with Gasteiger partial charge in [0.05, 0.1) is 28.3 Å². The van der Waals surface area contributed by atoms with Gasteiger partial charge in [-0.15, -0.1) is 0 Å². The Balaban J connectivity index is 1.39. The molecule has 17 nitrogen and oxygen atoms in total. The SMILES string of the molecule is C=C(Br)C(=O)Nc1cn(C)c(C(=O)Nc2cn(C)c(C(=O)Nc3cc(C(=O)Nc4cc(C(=O)NCCC#N)n(C)c4)n(C)c3)n2)n1. The molecule has 0 aliphatic carbocycles. The van der Waals surface area contributed by atoms with Gasteiger partial charge in [-0.1, -0.05) is 6.58 Å². The molecule has 0 unspecified atom stereocenters. The average Bonchev–Trinajstić information content (AvgIpc) is 3.74. The summed E-state index contributed by atoms with van der Waals surface area (Å²) in [5.74, 6) is -2.45. The van der Waals surface area contributed by atoms with E-state index in [0.717, 1.165) is 0 Å². The first-order valence-corrected chi connectivity index (χ1v) is 14.2. The second-order valence-corrected chi connectivity index (χ2v) is 10.9. The fraction of sp³-hybridized carbons (Fsp3) is 0.214. The molecule has 46 heavy (non-hydrogen) atoms. The van der Waals surface area contributed by atoms with E-state index >= 15 is 0 Å². The van der Waals surface area contributed by atoms with Gasteiger partial charge >= 0.3 is 0 Å². The van der Waals surface area contributed by atoms with Crippen molar-refractivity contribution >= 4 is 68.5 Å². The molecule has 5 N–H and O–H groups in total. The number of rotatable bonds is 11. The van der Waals surface area contributed by atoms with Crippen LogP contribution in [0.5, 0.6) is 0 Å². The van der Waals surface area contributed by atoms with Gasteiger partial charge < -0.3 is 44.9 Å². The Morgan fingerprint density at radius 2 is 1.22 bits per heavy atom. The van der Waals surface area contributed by atoms with Crippen LogP contribution in [0.2, 0.25) is 0 Å². The minimum Gasteiger partial charge on any atom is -0.350 e. The summed E-state index contributed by atoms with van der Waals surface area (Å²) in [6, 6.07) is 4.93. The lowest BCUT2D eigenvalue weighted by Crippen LogP contribution is -2.25. The third kappa shape index (κ3) is 7.57. The monoisotopic (exact) mass is 692 g/mol. The van der Waals surface area contributed by atoms with E-state index in [1.165, 1.54) is 38.2 Å². The summed E-state index contributed by atoms with van der Waals surface area (Å²) < 4.78 is 5.99. The van der Waals surface area contributed by atoms with E-state index in [4.69, 9.17) is 5.26 Å². The predicted octanol–water partition coefficient (Wildman–Crippen LogP) is 2.08. The first kappa shape index (κ1) is 32.9. The first-order valence-electron chi connectivity index (χ1n) is 13.4. The second-order valence-electron chi connectivity index (χ2n) is 9.96. The molecule has 238 valence electrons. The number of amides is 5. The minimum absolute atomic E-state index is 0.0205. The number of halogens is 1. The number of hydrogen-bond donors (Lipinski definition) is 5. The Morgan fingerprint density at radius 3 is 1.74 bits per heavy atom. The molecule has 0 fully saturated rings. The van der Waals surface area contributed by atoms with Gasteiger partial charge in [0, 0.05) is 59.5 Å². The van der Waals surface area contributed by atoms with Crippen molar-refractivity contribution in [2.24, 2.45) is 28.2 Å². The van der Waals surface area contributed by atoms with Crippen LogP contribution in [0.4, 0.5) is 23.0 Å². The Labute approximate surface area is 270 Å². The lowest BCUT2D eigenvalue weighted by molar-refractivity contribution is -0.112. The number of carbonyl (C=O) groups excluding carboxylic acids is 5. The highest BCUT2D eigenvalue weighted by Crippen LogP contribution is 2.19. The molecular weight excluding hydrogens is 664 g/mol. The molecule has 5 amide bonds. The molecule has 0 saturated carbocycles. The maximum atomic E-state index is 13.1. The smallest absolute Gasteiger partial charge is 0.292 e. The zero-order valence-corrected chi connectivity index (χ0v) is 26.7. The molecule has 0 atom stereocenters. The molecule has 0 aliphatic heterocycles. The summed E-state index contributed by atoms with van der Waals surface area (Å²) in [5.41, 5.74) is 1.21. The van der Waals surface area contributed by atoms with E-state index in [9.17, 15) is 24.0 Å². The van der Waals surface area contributed by atoms with E-state index in [1.54, 1.807) is 45.2 Å². The summed E-state index contributed by atoms with van der Waals surface area (Å²) in [5, 5.41) is 21.8. The van der Waals surface area contributed by atoms with Crippen LogP contribution in [0.15, 0.2) is 48.0 Å². The van der Waals surface area contributed by atoms with Crippen molar-refractivity contribution < 1.29 is 24.0 Å². The number of imidazole rings is 2. The van der Waals surface area contributed by atoms with E-state index in [0.29, 0.717) is 17.1 Å². The van der Waals surface area contributed by atoms with Gasteiger partial charge in [-0.2, -0.15) is 5.26 Å². The lowest BCUT2D eigenvalue weighted by atomic mass is 10.3. The van der Waals surface area contributed by atoms with Gasteiger partial charge in [0.25, 0.3) is 29.5 Å². The number of nitrogens with zero attached hydrogens (tertiary/aromatic N) is 7. The van der Waals surface area contributed by atoms with Crippen molar-refractivity contribution in [3.05, 3.63) is 71.0 Å². The number of nitrogens with one attached hydrogen (secondary N) is 5. The summed E-state index contributed by atoms with van der Waals surface area (Å²) in [6.07, 6.45) is 6.18. The molecule has 0 aliphatic rings. The maximum Gasteiger partial charge on any atom is 0.292 e. The average molecular weight is 694 g/mol. The highest BCUT2D eigenvalue weighted by molar-refractivity contribution is 9.12. The molecule has 4 heterocycles. The van der Waals surface area contributed by atoms with Gasteiger partial charge in [-0.25, -0.2) is 9.97 Å². The highest BCUT2D eigenvalue weighted by atomic mass is 79.9. The normalized spacial score (nSPS) is 10.5. The highest BCUT2D eigenvalue weighted by Gasteiger charge is 2.21. The molecule has 4 aromatic heterocycles. The zero-order valence-electron chi connectivity index (χ0n) is 25.1. The van der Waals surface area contributed by atoms with Gasteiger partial charge in [0.15, 0.2) is 11.6 Å². The predicted molar refractivity (Wildman–Crippen MR) is 170 cm³/mol. The van der Waals surface area contributed by atoms with E-state index in [2.05, 4.69) is 59.1 Å². The molecule has 4 rings (SSSR count). The number of hydrogen-bond acceptors (Lipinski definition) is 8. The van der Waals surface area contributed by atoms with Crippen LogP contribution < -0.4 is 26.6 Å². The Hall–Kier alpha value is -5.96. The van der Waals surface area contributed by atoms with Crippen LogP contribution in [0.1, 0.15) is 48.6 Å². The largest absolute Gasteiger partial charge is 0.350 e. The number of carbonyl (C=O) groups is 5. The third-order valence-electron chi connectivity index (χ3n) is 6.40. The van der Waals surface area contributed by atoms with E-state index in [-0.39, 0.29) is 52.3 Å². The Kier molecular flexibility index (Phi) is 9.87. The number of aryl methyl sites for hydroxylation is 4. The summed E-state index contributed by atoms with van der Waals surface area (Å²) in [4.78, 5) is 71.4. The fourth-order valence-electron chi connectivity index (χ4n) is 4.25. The van der Waals surface area contributed by atoms with Crippen molar-refractivity contribution in [3.63, 3.8) is 0 Å². The Bertz CT molecular complexity index is 1920. The summed E-state index contributed by atoms with van der Waals surface area (Å²) in [6.45, 7) is 3.68. The molecule has 18 heteroatoms. The van der Waals surface area contributed by atoms with E-state index in [1.807, 2.05) is 6.07 Å². The van der Waals surface area contributed by atoms with Gasteiger partial charge in [0.2, 0.25) is 11.6 Å². The number of nitriles is 1. The van der Waals surface area contributed by atoms with Crippen molar-refractivity contribution in [2.45, 2.75) is 6.42 Å². The van der Waals surface area contributed by atoms with Crippen LogP contribution in [-0.4, -0.2) is 64.3 Å². The minimum atomic E-state index is -0.630. The summed E-state index contributed by atoms with van der Waals surface area (Å²) in [7, 11) is 6.42. The molecule has 0 radical (unpaired) electrons. The topological polar surface area (TPSA) is 215 Å². The second kappa shape index (κ2) is 13.8. The molecule has 0 aromatic carbocycles. The zero-order chi connectivity index (χ0) is 33.7. The van der Waals surface area contributed by atoms with Crippen LogP contribution >= 0.6 is 15.9 Å². The van der Waals surface area contributed by atoms with Crippen LogP contribution in [0, 0.1) is 11.3 Å². The Morgan fingerprint density at radius 1 is 0.739 bits per heavy atom.